The van der Waals surface area contributed by atoms with Crippen molar-refractivity contribution in [3.8, 4) is 0 Å². The molecule has 5 nitrogen and oxygen atoms in total. The first-order valence-corrected chi connectivity index (χ1v) is 7.51. The van der Waals surface area contributed by atoms with Crippen LogP contribution in [-0.4, -0.2) is 17.1 Å². The average Bonchev–Trinajstić information content (AvgIpc) is 2.37. The van der Waals surface area contributed by atoms with Gasteiger partial charge in [-0.25, -0.2) is 4.79 Å². The minimum atomic E-state index is -1.06. The van der Waals surface area contributed by atoms with Crippen LogP contribution in [0.4, 0.5) is 4.79 Å². The number of benzene rings is 1. The molecular formula is C17H26N2O3. The standard InChI is InChI=1S/C17H26N2O3/c1-6-8-14(20)18-16(2,3)12-9-7-10-13(11-12)17(4,5)19-15(21)22/h7,9-11,19H,6,8H2,1-5H3,(H,18,20)(H,21,22). The third-order valence-electron chi connectivity index (χ3n) is 3.65. The molecule has 122 valence electrons. The van der Waals surface area contributed by atoms with Crippen LogP contribution in [0.15, 0.2) is 24.3 Å². The Morgan fingerprint density at radius 1 is 1.05 bits per heavy atom. The Kier molecular flexibility index (Phi) is 5.58. The Bertz CT molecular complexity index is 551. The first-order valence-electron chi connectivity index (χ1n) is 7.51. The maximum Gasteiger partial charge on any atom is 0.405 e. The molecule has 0 spiro atoms. The minimum Gasteiger partial charge on any atom is -0.465 e. The second kappa shape index (κ2) is 6.81. The van der Waals surface area contributed by atoms with Crippen molar-refractivity contribution in [3.63, 3.8) is 0 Å². The highest BCUT2D eigenvalue weighted by Gasteiger charge is 2.27. The molecule has 0 radical (unpaired) electrons. The molecule has 5 heteroatoms. The van der Waals surface area contributed by atoms with Crippen LogP contribution in [0.5, 0.6) is 0 Å². The van der Waals surface area contributed by atoms with Crippen LogP contribution in [0.25, 0.3) is 0 Å². The molecule has 0 saturated heterocycles. The van der Waals surface area contributed by atoms with Gasteiger partial charge in [-0.15, -0.1) is 0 Å². The van der Waals surface area contributed by atoms with Gasteiger partial charge in [-0.3, -0.25) is 4.79 Å². The zero-order valence-corrected chi connectivity index (χ0v) is 14.0. The number of nitrogens with one attached hydrogen (secondary N) is 2. The highest BCUT2D eigenvalue weighted by Crippen LogP contribution is 2.26. The van der Waals surface area contributed by atoms with E-state index in [1.54, 1.807) is 0 Å². The van der Waals surface area contributed by atoms with Crippen molar-refractivity contribution in [2.45, 2.75) is 58.5 Å². The third-order valence-corrected chi connectivity index (χ3v) is 3.65. The molecule has 1 aromatic carbocycles. The zero-order chi connectivity index (χ0) is 17.0. The molecule has 0 aromatic heterocycles. The van der Waals surface area contributed by atoms with Crippen molar-refractivity contribution >= 4 is 12.0 Å². The predicted molar refractivity (Wildman–Crippen MR) is 86.7 cm³/mol. The van der Waals surface area contributed by atoms with Crippen molar-refractivity contribution < 1.29 is 14.7 Å². The SMILES string of the molecule is CCCC(=O)NC(C)(C)c1cccc(C(C)(C)NC(=O)O)c1. The highest BCUT2D eigenvalue weighted by molar-refractivity contribution is 5.76. The van der Waals surface area contributed by atoms with E-state index < -0.39 is 17.2 Å². The Balaban J connectivity index is 3.05. The van der Waals surface area contributed by atoms with E-state index in [4.69, 9.17) is 5.11 Å². The van der Waals surface area contributed by atoms with Gasteiger partial charge in [0.1, 0.15) is 0 Å². The number of amides is 2. The van der Waals surface area contributed by atoms with Crippen LogP contribution in [0.1, 0.15) is 58.6 Å². The van der Waals surface area contributed by atoms with E-state index >= 15 is 0 Å². The van der Waals surface area contributed by atoms with Gasteiger partial charge in [0.05, 0.1) is 11.1 Å². The minimum absolute atomic E-state index is 0.0147. The summed E-state index contributed by atoms with van der Waals surface area (Å²) in [6.45, 7) is 9.47. The molecule has 0 aliphatic heterocycles. The lowest BCUT2D eigenvalue weighted by molar-refractivity contribution is -0.122. The zero-order valence-electron chi connectivity index (χ0n) is 14.0. The molecule has 1 aromatic rings. The van der Waals surface area contributed by atoms with Crippen LogP contribution in [-0.2, 0) is 15.9 Å². The highest BCUT2D eigenvalue weighted by atomic mass is 16.4. The van der Waals surface area contributed by atoms with E-state index in [1.165, 1.54) is 0 Å². The molecule has 0 saturated carbocycles. The van der Waals surface area contributed by atoms with Gasteiger partial charge in [-0.05, 0) is 45.2 Å². The Morgan fingerprint density at radius 3 is 2.00 bits per heavy atom. The number of carbonyl (C=O) groups is 2. The molecule has 2 amide bonds. The number of rotatable bonds is 6. The van der Waals surface area contributed by atoms with Gasteiger partial charge in [0, 0.05) is 6.42 Å². The van der Waals surface area contributed by atoms with Crippen LogP contribution < -0.4 is 10.6 Å². The summed E-state index contributed by atoms with van der Waals surface area (Å²) in [5, 5.41) is 14.5. The quantitative estimate of drug-likeness (QED) is 0.754. The molecule has 0 atom stereocenters. The molecule has 0 aliphatic carbocycles. The summed E-state index contributed by atoms with van der Waals surface area (Å²) in [6.07, 6.45) is 0.234. The van der Waals surface area contributed by atoms with Gasteiger partial charge in [0.25, 0.3) is 0 Å². The number of hydrogen-bond acceptors (Lipinski definition) is 2. The largest absolute Gasteiger partial charge is 0.465 e. The van der Waals surface area contributed by atoms with Gasteiger partial charge in [0.15, 0.2) is 0 Å². The number of carboxylic acid groups (broad SMARTS) is 1. The average molecular weight is 306 g/mol. The molecule has 0 unspecified atom stereocenters. The lowest BCUT2D eigenvalue weighted by Crippen LogP contribution is -2.42. The molecule has 0 fully saturated rings. The Labute approximate surface area is 132 Å². The summed E-state index contributed by atoms with van der Waals surface area (Å²) >= 11 is 0. The van der Waals surface area contributed by atoms with Gasteiger partial charge < -0.3 is 15.7 Å². The topological polar surface area (TPSA) is 78.4 Å². The monoisotopic (exact) mass is 306 g/mol. The van der Waals surface area contributed by atoms with Crippen LogP contribution in [0.2, 0.25) is 0 Å². The molecule has 22 heavy (non-hydrogen) atoms. The van der Waals surface area contributed by atoms with Crippen molar-refractivity contribution in [2.24, 2.45) is 0 Å². The summed E-state index contributed by atoms with van der Waals surface area (Å²) < 4.78 is 0. The summed E-state index contributed by atoms with van der Waals surface area (Å²) in [6, 6.07) is 7.63. The van der Waals surface area contributed by atoms with E-state index in [0.717, 1.165) is 17.5 Å². The first-order chi connectivity index (χ1) is 10.1. The summed E-state index contributed by atoms with van der Waals surface area (Å²) in [4.78, 5) is 22.8. The summed E-state index contributed by atoms with van der Waals surface area (Å²) in [7, 11) is 0. The summed E-state index contributed by atoms with van der Waals surface area (Å²) in [5.41, 5.74) is 0.576. The lowest BCUT2D eigenvalue weighted by Gasteiger charge is -2.30. The molecule has 0 aliphatic rings. The fourth-order valence-electron chi connectivity index (χ4n) is 2.35. The maximum atomic E-state index is 11.9. The van der Waals surface area contributed by atoms with Crippen LogP contribution >= 0.6 is 0 Å². The number of carbonyl (C=O) groups excluding carboxylic acids is 1. The van der Waals surface area contributed by atoms with E-state index in [9.17, 15) is 9.59 Å². The normalized spacial score (nSPS) is 11.9. The fraction of sp³-hybridized carbons (Fsp3) is 0.529. The van der Waals surface area contributed by atoms with Gasteiger partial charge in [0.2, 0.25) is 5.91 Å². The van der Waals surface area contributed by atoms with Crippen LogP contribution in [0, 0.1) is 0 Å². The first kappa shape index (κ1) is 18.0. The van der Waals surface area contributed by atoms with Crippen molar-refractivity contribution in [1.82, 2.24) is 10.6 Å². The van der Waals surface area contributed by atoms with Gasteiger partial charge in [-0.1, -0.05) is 31.2 Å². The summed E-state index contributed by atoms with van der Waals surface area (Å²) in [5.74, 6) is 0.0147. The molecule has 0 bridgehead atoms. The molecular weight excluding hydrogens is 280 g/mol. The predicted octanol–water partition coefficient (Wildman–Crippen LogP) is 3.34. The number of hydrogen-bond donors (Lipinski definition) is 3. The third kappa shape index (κ3) is 4.76. The Morgan fingerprint density at radius 2 is 1.55 bits per heavy atom. The van der Waals surface area contributed by atoms with Crippen molar-refractivity contribution in [1.29, 1.82) is 0 Å². The smallest absolute Gasteiger partial charge is 0.405 e. The molecule has 3 N–H and O–H groups in total. The molecule has 0 heterocycles. The van der Waals surface area contributed by atoms with E-state index in [0.29, 0.717) is 6.42 Å². The van der Waals surface area contributed by atoms with Gasteiger partial charge in [-0.2, -0.15) is 0 Å². The second-order valence-corrected chi connectivity index (χ2v) is 6.56. The second-order valence-electron chi connectivity index (χ2n) is 6.56. The molecule has 1 rings (SSSR count). The Hall–Kier alpha value is -2.04. The van der Waals surface area contributed by atoms with Crippen molar-refractivity contribution in [2.75, 3.05) is 0 Å². The van der Waals surface area contributed by atoms with Crippen LogP contribution in [0.3, 0.4) is 0 Å². The van der Waals surface area contributed by atoms with Crippen molar-refractivity contribution in [3.05, 3.63) is 35.4 Å². The fourth-order valence-corrected chi connectivity index (χ4v) is 2.35. The van der Waals surface area contributed by atoms with E-state index in [2.05, 4.69) is 10.6 Å². The maximum absolute atomic E-state index is 11.9. The lowest BCUT2D eigenvalue weighted by atomic mass is 9.87. The van der Waals surface area contributed by atoms with E-state index in [-0.39, 0.29) is 5.91 Å². The van der Waals surface area contributed by atoms with Gasteiger partial charge >= 0.3 is 6.09 Å². The van der Waals surface area contributed by atoms with E-state index in [1.807, 2.05) is 58.9 Å².